The van der Waals surface area contributed by atoms with Crippen molar-refractivity contribution >= 4 is 17.3 Å². The molecule has 0 spiro atoms. The molecule has 0 aromatic heterocycles. The summed E-state index contributed by atoms with van der Waals surface area (Å²) >= 11 is 5.33. The van der Waals surface area contributed by atoms with Crippen LogP contribution in [0.15, 0.2) is 0 Å². The van der Waals surface area contributed by atoms with Gasteiger partial charge in [-0.05, 0) is 25.1 Å². The highest BCUT2D eigenvalue weighted by Gasteiger charge is 1.99. The molecule has 0 aliphatic rings. The molecule has 0 aromatic carbocycles. The van der Waals surface area contributed by atoms with E-state index in [9.17, 15) is 0 Å². The molecule has 24 heavy (non-hydrogen) atoms. The van der Waals surface area contributed by atoms with Gasteiger partial charge in [-0.1, -0.05) is 110 Å². The van der Waals surface area contributed by atoms with Crippen LogP contribution in [0.1, 0.15) is 129 Å². The zero-order valence-electron chi connectivity index (χ0n) is 16.8. The normalized spacial score (nSPS) is 10.9. The van der Waals surface area contributed by atoms with E-state index in [0.29, 0.717) is 0 Å². The highest BCUT2D eigenvalue weighted by molar-refractivity contribution is 7.80. The highest BCUT2D eigenvalue weighted by Crippen LogP contribution is 2.12. The molecule has 0 rings (SSSR count). The van der Waals surface area contributed by atoms with E-state index in [4.69, 9.17) is 17.0 Å². The van der Waals surface area contributed by atoms with Crippen LogP contribution in [0.4, 0.5) is 0 Å². The molecule has 0 fully saturated rings. The topological polar surface area (TPSA) is 9.23 Å². The molecule has 0 aliphatic heterocycles. The van der Waals surface area contributed by atoms with Crippen LogP contribution < -0.4 is 0 Å². The van der Waals surface area contributed by atoms with Crippen molar-refractivity contribution in [2.45, 2.75) is 129 Å². The SMILES string of the molecule is CCCCCCCCCCCC(=S)OCCCCCCCCCC. The van der Waals surface area contributed by atoms with E-state index in [1.54, 1.807) is 0 Å². The number of ether oxygens (including phenoxy) is 1. The van der Waals surface area contributed by atoms with Crippen LogP contribution >= 0.6 is 12.2 Å². The highest BCUT2D eigenvalue weighted by atomic mass is 32.1. The third kappa shape index (κ3) is 19.9. The molecule has 0 saturated heterocycles. The molecule has 0 heterocycles. The molecule has 2 heteroatoms. The number of thiocarbonyl (C=S) groups is 1. The van der Waals surface area contributed by atoms with E-state index >= 15 is 0 Å². The smallest absolute Gasteiger partial charge is 0.159 e. The minimum atomic E-state index is 0.839. The average Bonchev–Trinajstić information content (AvgIpc) is 2.59. The molecule has 0 saturated carbocycles. The van der Waals surface area contributed by atoms with Gasteiger partial charge in [-0.15, -0.1) is 0 Å². The van der Waals surface area contributed by atoms with Crippen LogP contribution in [-0.2, 0) is 4.74 Å². The molecule has 0 atom stereocenters. The summed E-state index contributed by atoms with van der Waals surface area (Å²) in [5.74, 6) is 0. The Kier molecular flexibility index (Phi) is 20.8. The maximum absolute atomic E-state index is 5.69. The van der Waals surface area contributed by atoms with Gasteiger partial charge in [0.1, 0.15) is 0 Å². The van der Waals surface area contributed by atoms with E-state index in [-0.39, 0.29) is 0 Å². The lowest BCUT2D eigenvalue weighted by Gasteiger charge is -2.07. The number of hydrogen-bond acceptors (Lipinski definition) is 2. The standard InChI is InChI=1S/C22H44OS/c1-3-5-7-9-11-13-14-16-18-20-22(24)23-21-19-17-15-12-10-8-6-4-2/h3-21H2,1-2H3. The first-order chi connectivity index (χ1) is 11.8. The summed E-state index contributed by atoms with van der Waals surface area (Å²) in [6, 6.07) is 0. The van der Waals surface area contributed by atoms with Crippen molar-refractivity contribution in [1.29, 1.82) is 0 Å². The van der Waals surface area contributed by atoms with Crippen LogP contribution in [0, 0.1) is 0 Å². The van der Waals surface area contributed by atoms with Crippen molar-refractivity contribution in [3.05, 3.63) is 0 Å². The Balaban J connectivity index is 3.13. The first kappa shape index (κ1) is 23.9. The predicted molar refractivity (Wildman–Crippen MR) is 113 cm³/mol. The first-order valence-electron chi connectivity index (χ1n) is 11.0. The molecule has 0 N–H and O–H groups in total. The van der Waals surface area contributed by atoms with E-state index in [1.807, 2.05) is 0 Å². The monoisotopic (exact) mass is 356 g/mol. The third-order valence-corrected chi connectivity index (χ3v) is 5.07. The summed E-state index contributed by atoms with van der Waals surface area (Å²) in [7, 11) is 0. The van der Waals surface area contributed by atoms with Gasteiger partial charge in [0.05, 0.1) is 6.61 Å². The molecule has 1 nitrogen and oxygen atoms in total. The predicted octanol–water partition coefficient (Wildman–Crippen LogP) is 8.39. The fraction of sp³-hybridized carbons (Fsp3) is 0.955. The Morgan fingerprint density at radius 1 is 0.542 bits per heavy atom. The number of rotatable bonds is 19. The fourth-order valence-corrected chi connectivity index (χ4v) is 3.30. The van der Waals surface area contributed by atoms with E-state index in [1.165, 1.54) is 109 Å². The summed E-state index contributed by atoms with van der Waals surface area (Å²) < 4.78 is 5.69. The molecule has 0 amide bonds. The molecule has 0 unspecified atom stereocenters. The lowest BCUT2D eigenvalue weighted by atomic mass is 10.1. The quantitative estimate of drug-likeness (QED) is 0.170. The van der Waals surface area contributed by atoms with Crippen molar-refractivity contribution in [2.75, 3.05) is 6.61 Å². The Bertz CT molecular complexity index is 228. The fourth-order valence-electron chi connectivity index (χ4n) is 3.07. The van der Waals surface area contributed by atoms with Crippen molar-refractivity contribution in [3.8, 4) is 0 Å². The second-order valence-corrected chi connectivity index (χ2v) is 7.73. The van der Waals surface area contributed by atoms with Gasteiger partial charge in [-0.3, -0.25) is 0 Å². The third-order valence-electron chi connectivity index (χ3n) is 4.75. The Hall–Kier alpha value is -0.110. The van der Waals surface area contributed by atoms with E-state index in [0.717, 1.165) is 18.1 Å². The number of hydrogen-bond donors (Lipinski definition) is 0. The molecular weight excluding hydrogens is 312 g/mol. The van der Waals surface area contributed by atoms with Crippen LogP contribution in [0.2, 0.25) is 0 Å². The number of unbranched alkanes of at least 4 members (excludes halogenated alkanes) is 15. The van der Waals surface area contributed by atoms with E-state index < -0.39 is 0 Å². The first-order valence-corrected chi connectivity index (χ1v) is 11.4. The zero-order chi connectivity index (χ0) is 17.7. The van der Waals surface area contributed by atoms with Gasteiger partial charge in [-0.25, -0.2) is 0 Å². The molecule has 0 aromatic rings. The van der Waals surface area contributed by atoms with Crippen molar-refractivity contribution in [2.24, 2.45) is 0 Å². The van der Waals surface area contributed by atoms with Crippen molar-refractivity contribution in [1.82, 2.24) is 0 Å². The van der Waals surface area contributed by atoms with Gasteiger partial charge in [0.15, 0.2) is 5.05 Å². The van der Waals surface area contributed by atoms with Crippen LogP contribution in [-0.4, -0.2) is 11.7 Å². The Morgan fingerprint density at radius 2 is 0.917 bits per heavy atom. The molecule has 0 aliphatic carbocycles. The Labute approximate surface area is 158 Å². The van der Waals surface area contributed by atoms with Crippen LogP contribution in [0.25, 0.3) is 0 Å². The largest absolute Gasteiger partial charge is 0.487 e. The maximum Gasteiger partial charge on any atom is 0.159 e. The van der Waals surface area contributed by atoms with Gasteiger partial charge in [0.2, 0.25) is 0 Å². The summed E-state index contributed by atoms with van der Waals surface area (Å²) in [6.45, 7) is 5.39. The summed E-state index contributed by atoms with van der Waals surface area (Å²) in [4.78, 5) is 0. The van der Waals surface area contributed by atoms with Gasteiger partial charge >= 0.3 is 0 Å². The summed E-state index contributed by atoms with van der Waals surface area (Å²) in [6.07, 6.45) is 24.1. The Morgan fingerprint density at radius 3 is 1.38 bits per heavy atom. The minimum absolute atomic E-state index is 0.839. The van der Waals surface area contributed by atoms with Crippen LogP contribution in [0.5, 0.6) is 0 Å². The zero-order valence-corrected chi connectivity index (χ0v) is 17.6. The average molecular weight is 357 g/mol. The molecular formula is C22H44OS. The lowest BCUT2D eigenvalue weighted by molar-refractivity contribution is 0.290. The summed E-state index contributed by atoms with van der Waals surface area (Å²) in [5, 5.41) is 0.848. The van der Waals surface area contributed by atoms with Crippen LogP contribution in [0.3, 0.4) is 0 Å². The molecule has 0 radical (unpaired) electrons. The maximum atomic E-state index is 5.69. The van der Waals surface area contributed by atoms with Gasteiger partial charge in [0, 0.05) is 6.42 Å². The van der Waals surface area contributed by atoms with Gasteiger partial charge in [-0.2, -0.15) is 0 Å². The van der Waals surface area contributed by atoms with Gasteiger partial charge in [0.25, 0.3) is 0 Å². The van der Waals surface area contributed by atoms with Gasteiger partial charge < -0.3 is 4.74 Å². The van der Waals surface area contributed by atoms with Crippen molar-refractivity contribution in [3.63, 3.8) is 0 Å². The lowest BCUT2D eigenvalue weighted by Crippen LogP contribution is -2.03. The molecule has 144 valence electrons. The van der Waals surface area contributed by atoms with E-state index in [2.05, 4.69) is 13.8 Å². The second-order valence-electron chi connectivity index (χ2n) is 7.27. The second kappa shape index (κ2) is 20.9. The molecule has 0 bridgehead atoms. The minimum Gasteiger partial charge on any atom is -0.487 e. The van der Waals surface area contributed by atoms with Crippen molar-refractivity contribution < 1.29 is 4.74 Å². The summed E-state index contributed by atoms with van der Waals surface area (Å²) in [5.41, 5.74) is 0.